The molecule has 2 aliphatic rings. The number of morpholine rings is 1. The van der Waals surface area contributed by atoms with Crippen molar-refractivity contribution in [2.24, 2.45) is 0 Å². The van der Waals surface area contributed by atoms with Gasteiger partial charge in [0.2, 0.25) is 11.7 Å². The highest BCUT2D eigenvalue weighted by Crippen LogP contribution is 2.41. The summed E-state index contributed by atoms with van der Waals surface area (Å²) in [7, 11) is 0. The number of carbonyl (C=O) groups is 1. The average Bonchev–Trinajstić information content (AvgIpc) is 3.59. The molecule has 0 spiro atoms. The number of anilines is 1. The fourth-order valence-electron chi connectivity index (χ4n) is 3.49. The second kappa shape index (κ2) is 8.14. The van der Waals surface area contributed by atoms with Crippen LogP contribution in [0, 0.1) is 5.41 Å². The molecule has 7 heteroatoms. The third-order valence-corrected chi connectivity index (χ3v) is 5.35. The van der Waals surface area contributed by atoms with Crippen LogP contribution in [0.15, 0.2) is 30.7 Å². The fraction of sp³-hybridized carbons (Fsp3) is 0.476. The molecule has 0 radical (unpaired) electrons. The number of ketones is 1. The predicted molar refractivity (Wildman–Crippen MR) is 106 cm³/mol. The number of nitrogens with one attached hydrogen (secondary N) is 1. The summed E-state index contributed by atoms with van der Waals surface area (Å²) < 4.78 is 5.39. The third kappa shape index (κ3) is 4.09. The molecule has 1 unspecified atom stereocenters. The molecule has 2 aromatic rings. The summed E-state index contributed by atoms with van der Waals surface area (Å²) in [6.45, 7) is 4.86. The van der Waals surface area contributed by atoms with Crippen LogP contribution in [-0.4, -0.2) is 52.8 Å². The van der Waals surface area contributed by atoms with Crippen LogP contribution >= 0.6 is 0 Å². The molecule has 1 N–H and O–H groups in total. The molecular formula is C21H25N5O2. The van der Waals surface area contributed by atoms with Crippen LogP contribution in [0.1, 0.15) is 59.6 Å². The van der Waals surface area contributed by atoms with Crippen LogP contribution in [0.4, 0.5) is 5.95 Å². The molecule has 3 heterocycles. The molecule has 1 aliphatic heterocycles. The summed E-state index contributed by atoms with van der Waals surface area (Å²) in [4.78, 5) is 28.4. The SMILES string of the molecule is CC(CC(=N)C(=O)c1cnc(N2CCOCC2)nc1C1CC1)c1cccnc1. The van der Waals surface area contributed by atoms with Crippen molar-refractivity contribution in [1.82, 2.24) is 15.0 Å². The number of rotatable bonds is 7. The molecule has 1 saturated heterocycles. The lowest BCUT2D eigenvalue weighted by atomic mass is 9.93. The highest BCUT2D eigenvalue weighted by molar-refractivity contribution is 6.45. The van der Waals surface area contributed by atoms with Gasteiger partial charge in [-0.1, -0.05) is 13.0 Å². The summed E-state index contributed by atoms with van der Waals surface area (Å²) in [6.07, 6.45) is 7.59. The first-order valence-corrected chi connectivity index (χ1v) is 9.85. The van der Waals surface area contributed by atoms with Gasteiger partial charge in [0.05, 0.1) is 30.2 Å². The predicted octanol–water partition coefficient (Wildman–Crippen LogP) is 2.98. The van der Waals surface area contributed by atoms with Gasteiger partial charge in [0.1, 0.15) is 0 Å². The van der Waals surface area contributed by atoms with Gasteiger partial charge < -0.3 is 15.0 Å². The smallest absolute Gasteiger partial charge is 0.225 e. The van der Waals surface area contributed by atoms with Gasteiger partial charge in [-0.3, -0.25) is 9.78 Å². The Morgan fingerprint density at radius 3 is 2.79 bits per heavy atom. The molecule has 1 atom stereocenters. The first-order chi connectivity index (χ1) is 13.6. The number of pyridine rings is 1. The second-order valence-electron chi connectivity index (χ2n) is 7.54. The number of aromatic nitrogens is 3. The Labute approximate surface area is 164 Å². The Bertz CT molecular complexity index is 860. The van der Waals surface area contributed by atoms with Crippen LogP contribution in [0.3, 0.4) is 0 Å². The van der Waals surface area contributed by atoms with Crippen molar-refractivity contribution in [3.05, 3.63) is 47.5 Å². The summed E-state index contributed by atoms with van der Waals surface area (Å²) in [6, 6.07) is 3.85. The van der Waals surface area contributed by atoms with E-state index < -0.39 is 0 Å². The first kappa shape index (κ1) is 18.7. The number of Topliss-reactive ketones (excluding diaryl/α,β-unsaturated/α-hetero) is 1. The highest BCUT2D eigenvalue weighted by atomic mass is 16.5. The van der Waals surface area contributed by atoms with Crippen molar-refractivity contribution in [1.29, 1.82) is 5.41 Å². The minimum atomic E-state index is -0.258. The number of nitrogens with zero attached hydrogens (tertiary/aromatic N) is 4. The topological polar surface area (TPSA) is 92.1 Å². The maximum Gasteiger partial charge on any atom is 0.225 e. The summed E-state index contributed by atoms with van der Waals surface area (Å²) >= 11 is 0. The Hall–Kier alpha value is -2.67. The largest absolute Gasteiger partial charge is 0.378 e. The van der Waals surface area contributed by atoms with E-state index in [0.29, 0.717) is 37.1 Å². The zero-order valence-electron chi connectivity index (χ0n) is 16.1. The van der Waals surface area contributed by atoms with Gasteiger partial charge in [-0.15, -0.1) is 0 Å². The van der Waals surface area contributed by atoms with E-state index in [0.717, 1.165) is 37.2 Å². The Balaban J connectivity index is 1.52. The minimum absolute atomic E-state index is 0.0584. The Morgan fingerprint density at radius 2 is 2.11 bits per heavy atom. The lowest BCUT2D eigenvalue weighted by molar-refractivity contribution is 0.106. The van der Waals surface area contributed by atoms with E-state index in [-0.39, 0.29) is 17.4 Å². The molecule has 2 fully saturated rings. The molecule has 28 heavy (non-hydrogen) atoms. The number of carbonyl (C=O) groups excluding carboxylic acids is 1. The van der Waals surface area contributed by atoms with E-state index in [2.05, 4.69) is 14.9 Å². The van der Waals surface area contributed by atoms with Crippen LogP contribution in [0.25, 0.3) is 0 Å². The van der Waals surface area contributed by atoms with E-state index in [1.807, 2.05) is 19.1 Å². The number of hydrogen-bond donors (Lipinski definition) is 1. The Kier molecular flexibility index (Phi) is 5.43. The summed E-state index contributed by atoms with van der Waals surface area (Å²) in [5.41, 5.74) is 2.42. The van der Waals surface area contributed by atoms with Gasteiger partial charge in [-0.25, -0.2) is 9.97 Å². The molecule has 7 nitrogen and oxygen atoms in total. The van der Waals surface area contributed by atoms with Crippen molar-refractivity contribution in [3.63, 3.8) is 0 Å². The van der Waals surface area contributed by atoms with E-state index in [9.17, 15) is 4.79 Å². The lowest BCUT2D eigenvalue weighted by Crippen LogP contribution is -2.37. The molecule has 0 bridgehead atoms. The highest BCUT2D eigenvalue weighted by Gasteiger charge is 2.32. The molecule has 1 aliphatic carbocycles. The van der Waals surface area contributed by atoms with Crippen molar-refractivity contribution < 1.29 is 9.53 Å². The summed E-state index contributed by atoms with van der Waals surface area (Å²) in [5.74, 6) is 0.775. The molecular weight excluding hydrogens is 354 g/mol. The molecule has 1 saturated carbocycles. The molecule has 0 aromatic carbocycles. The first-order valence-electron chi connectivity index (χ1n) is 9.85. The van der Waals surface area contributed by atoms with Gasteiger partial charge in [0.15, 0.2) is 0 Å². The zero-order valence-corrected chi connectivity index (χ0v) is 16.1. The van der Waals surface area contributed by atoms with Crippen LogP contribution in [0.5, 0.6) is 0 Å². The van der Waals surface area contributed by atoms with E-state index in [4.69, 9.17) is 15.1 Å². The van der Waals surface area contributed by atoms with E-state index in [1.165, 1.54) is 0 Å². The number of ether oxygens (including phenoxy) is 1. The van der Waals surface area contributed by atoms with Crippen LogP contribution < -0.4 is 4.90 Å². The maximum atomic E-state index is 13.0. The zero-order chi connectivity index (χ0) is 19.5. The maximum absolute atomic E-state index is 13.0. The second-order valence-corrected chi connectivity index (χ2v) is 7.54. The van der Waals surface area contributed by atoms with Gasteiger partial charge in [0.25, 0.3) is 0 Å². The van der Waals surface area contributed by atoms with Crippen molar-refractivity contribution in [2.45, 2.75) is 38.0 Å². The van der Waals surface area contributed by atoms with Gasteiger partial charge in [0, 0.05) is 37.6 Å². The normalized spacial score (nSPS) is 18.0. The molecule has 146 valence electrons. The summed E-state index contributed by atoms with van der Waals surface area (Å²) in [5, 5.41) is 8.37. The average molecular weight is 379 g/mol. The van der Waals surface area contributed by atoms with Crippen molar-refractivity contribution in [3.8, 4) is 0 Å². The molecule has 2 aromatic heterocycles. The third-order valence-electron chi connectivity index (χ3n) is 5.35. The molecule has 0 amide bonds. The Morgan fingerprint density at radius 1 is 1.32 bits per heavy atom. The number of hydrogen-bond acceptors (Lipinski definition) is 7. The quantitative estimate of drug-likeness (QED) is 0.587. The molecule has 4 rings (SSSR count). The monoisotopic (exact) mass is 379 g/mol. The lowest BCUT2D eigenvalue weighted by Gasteiger charge is -2.27. The van der Waals surface area contributed by atoms with Crippen molar-refractivity contribution in [2.75, 3.05) is 31.2 Å². The van der Waals surface area contributed by atoms with Gasteiger partial charge in [-0.05, 0) is 36.8 Å². The van der Waals surface area contributed by atoms with Gasteiger partial charge in [-0.2, -0.15) is 0 Å². The minimum Gasteiger partial charge on any atom is -0.378 e. The van der Waals surface area contributed by atoms with E-state index >= 15 is 0 Å². The fourth-order valence-corrected chi connectivity index (χ4v) is 3.49. The van der Waals surface area contributed by atoms with Crippen LogP contribution in [0.2, 0.25) is 0 Å². The van der Waals surface area contributed by atoms with E-state index in [1.54, 1.807) is 18.6 Å². The standard InChI is InChI=1S/C21H25N5O2/c1-14(16-3-2-6-23-12-16)11-18(22)20(27)17-13-24-21(25-19(17)15-4-5-15)26-7-9-28-10-8-26/h2-3,6,12-15,22H,4-5,7-11H2,1H3. The van der Waals surface area contributed by atoms with Gasteiger partial charge >= 0.3 is 0 Å². The van der Waals surface area contributed by atoms with Crippen LogP contribution in [-0.2, 0) is 4.74 Å². The van der Waals surface area contributed by atoms with Crippen molar-refractivity contribution >= 4 is 17.4 Å².